The molecule has 0 aliphatic heterocycles. The largest absolute Gasteiger partial charge is 0.350 e. The monoisotopic (exact) mass is 480 g/mol. The number of hydrogen-bond acceptors (Lipinski definition) is 5. The van der Waals surface area contributed by atoms with Crippen molar-refractivity contribution in [2.24, 2.45) is 0 Å². The van der Waals surface area contributed by atoms with Crippen molar-refractivity contribution in [1.82, 2.24) is 19.5 Å². The van der Waals surface area contributed by atoms with Gasteiger partial charge in [-0.15, -0.1) is 0 Å². The Labute approximate surface area is 200 Å². The van der Waals surface area contributed by atoms with Crippen molar-refractivity contribution >= 4 is 21.8 Å². The molecule has 3 rings (SSSR count). The Morgan fingerprint density at radius 2 is 1.50 bits per heavy atom. The number of aromatic nitrogens is 1. The fraction of sp³-hybridized carbons (Fsp3) is 0.240. The molecule has 2 aromatic carbocycles. The normalized spacial score (nSPS) is 12.2. The van der Waals surface area contributed by atoms with Gasteiger partial charge in [0.2, 0.25) is 21.8 Å². The number of hydrogen-bond donors (Lipinski definition) is 1. The zero-order chi connectivity index (χ0) is 24.6. The average Bonchev–Trinajstić information content (AvgIpc) is 2.83. The Bertz CT molecular complexity index is 1190. The summed E-state index contributed by atoms with van der Waals surface area (Å²) in [5.74, 6) is -0.848. The molecule has 0 radical (unpaired) electrons. The van der Waals surface area contributed by atoms with Crippen molar-refractivity contribution in [1.29, 1.82) is 0 Å². The second-order valence-corrected chi connectivity index (χ2v) is 10.0. The van der Waals surface area contributed by atoms with Crippen LogP contribution in [0.3, 0.4) is 0 Å². The summed E-state index contributed by atoms with van der Waals surface area (Å²) in [6, 6.07) is 20.9. The summed E-state index contributed by atoms with van der Waals surface area (Å²) in [6.45, 7) is 0.0213. The highest BCUT2D eigenvalue weighted by Gasteiger charge is 2.32. The topological polar surface area (TPSA) is 99.7 Å². The lowest BCUT2D eigenvalue weighted by atomic mass is 10.0. The fourth-order valence-electron chi connectivity index (χ4n) is 3.40. The molecular formula is C25H28N4O4S. The smallest absolute Gasteiger partial charge is 0.247 e. The number of pyridine rings is 1. The van der Waals surface area contributed by atoms with E-state index in [2.05, 4.69) is 10.3 Å². The Hall–Kier alpha value is -3.56. The first-order chi connectivity index (χ1) is 16.3. The predicted octanol–water partition coefficient (Wildman–Crippen LogP) is 2.36. The van der Waals surface area contributed by atoms with Gasteiger partial charge in [-0.1, -0.05) is 60.7 Å². The molecule has 0 aliphatic rings. The summed E-state index contributed by atoms with van der Waals surface area (Å²) in [5, 5.41) is 2.91. The highest BCUT2D eigenvalue weighted by Crippen LogP contribution is 2.24. The second-order valence-electron chi connectivity index (χ2n) is 7.91. The molecule has 0 unspecified atom stereocenters. The minimum absolute atomic E-state index is 0.138. The Morgan fingerprint density at radius 3 is 2.09 bits per heavy atom. The second kappa shape index (κ2) is 11.5. The van der Waals surface area contributed by atoms with Crippen LogP contribution in [0.25, 0.3) is 0 Å². The van der Waals surface area contributed by atoms with Crippen LogP contribution in [-0.4, -0.2) is 54.3 Å². The number of carbonyl (C=O) groups excluding carboxylic acids is 2. The molecule has 1 heterocycles. The lowest BCUT2D eigenvalue weighted by molar-refractivity contribution is -0.141. The maximum Gasteiger partial charge on any atom is 0.247 e. The molecule has 0 spiro atoms. The SMILES string of the molecule is CN(CC(=O)N(Cc1ccccc1)[C@H](C(=O)NCc1ccncc1)c1ccccc1)S(C)(=O)=O. The number of nitrogens with one attached hydrogen (secondary N) is 1. The molecule has 8 nitrogen and oxygen atoms in total. The van der Waals surface area contributed by atoms with Gasteiger partial charge in [-0.2, -0.15) is 4.31 Å². The molecule has 9 heteroatoms. The van der Waals surface area contributed by atoms with Crippen LogP contribution in [0.15, 0.2) is 85.2 Å². The molecule has 0 fully saturated rings. The Kier molecular flexibility index (Phi) is 8.50. The number of amides is 2. The fourth-order valence-corrected chi connectivity index (χ4v) is 3.74. The van der Waals surface area contributed by atoms with Crippen LogP contribution in [-0.2, 0) is 32.7 Å². The number of nitrogens with zero attached hydrogens (tertiary/aromatic N) is 3. The number of benzene rings is 2. The van der Waals surface area contributed by atoms with Crippen LogP contribution in [0, 0.1) is 0 Å². The quantitative estimate of drug-likeness (QED) is 0.480. The van der Waals surface area contributed by atoms with Crippen molar-refractivity contribution in [2.45, 2.75) is 19.1 Å². The zero-order valence-electron chi connectivity index (χ0n) is 19.2. The molecule has 0 bridgehead atoms. The third-order valence-electron chi connectivity index (χ3n) is 5.33. The summed E-state index contributed by atoms with van der Waals surface area (Å²) in [4.78, 5) is 32.3. The summed E-state index contributed by atoms with van der Waals surface area (Å²) in [6.07, 6.45) is 4.32. The molecule has 3 aromatic rings. The zero-order valence-corrected chi connectivity index (χ0v) is 20.0. The van der Waals surface area contributed by atoms with Gasteiger partial charge in [0.05, 0.1) is 12.8 Å². The average molecular weight is 481 g/mol. The van der Waals surface area contributed by atoms with Gasteiger partial charge in [-0.25, -0.2) is 8.42 Å². The van der Waals surface area contributed by atoms with E-state index in [-0.39, 0.29) is 25.5 Å². The molecule has 34 heavy (non-hydrogen) atoms. The van der Waals surface area contributed by atoms with E-state index in [1.54, 1.807) is 48.8 Å². The Balaban J connectivity index is 1.96. The highest BCUT2D eigenvalue weighted by atomic mass is 32.2. The lowest BCUT2D eigenvalue weighted by Crippen LogP contribution is -2.47. The minimum Gasteiger partial charge on any atom is -0.350 e. The summed E-state index contributed by atoms with van der Waals surface area (Å²) in [7, 11) is -2.24. The minimum atomic E-state index is -3.58. The number of likely N-dealkylation sites (N-methyl/N-ethyl adjacent to an activating group) is 1. The highest BCUT2D eigenvalue weighted by molar-refractivity contribution is 7.88. The van der Waals surface area contributed by atoms with E-state index in [1.165, 1.54) is 11.9 Å². The summed E-state index contributed by atoms with van der Waals surface area (Å²) < 4.78 is 24.9. The lowest BCUT2D eigenvalue weighted by Gasteiger charge is -2.32. The van der Waals surface area contributed by atoms with Gasteiger partial charge in [0.25, 0.3) is 0 Å². The molecule has 0 saturated carbocycles. The van der Waals surface area contributed by atoms with Gasteiger partial charge in [-0.05, 0) is 28.8 Å². The van der Waals surface area contributed by atoms with Crippen LogP contribution >= 0.6 is 0 Å². The molecule has 1 N–H and O–H groups in total. The van der Waals surface area contributed by atoms with Crippen molar-refractivity contribution < 1.29 is 18.0 Å². The molecule has 2 amide bonds. The third kappa shape index (κ3) is 6.97. The molecule has 1 atom stereocenters. The van der Waals surface area contributed by atoms with E-state index in [9.17, 15) is 18.0 Å². The maximum absolute atomic E-state index is 13.5. The number of sulfonamides is 1. The maximum atomic E-state index is 13.5. The molecule has 0 aliphatic carbocycles. The first-order valence-electron chi connectivity index (χ1n) is 10.7. The van der Waals surface area contributed by atoms with Gasteiger partial charge in [0.15, 0.2) is 0 Å². The predicted molar refractivity (Wildman–Crippen MR) is 130 cm³/mol. The van der Waals surface area contributed by atoms with E-state index in [0.717, 1.165) is 21.7 Å². The molecule has 0 saturated heterocycles. The first-order valence-corrected chi connectivity index (χ1v) is 12.6. The molecule has 1 aromatic heterocycles. The van der Waals surface area contributed by atoms with Crippen LogP contribution < -0.4 is 5.32 Å². The van der Waals surface area contributed by atoms with E-state index < -0.39 is 22.0 Å². The Morgan fingerprint density at radius 1 is 0.912 bits per heavy atom. The third-order valence-corrected chi connectivity index (χ3v) is 6.59. The number of rotatable bonds is 10. The van der Waals surface area contributed by atoms with Crippen LogP contribution in [0.2, 0.25) is 0 Å². The van der Waals surface area contributed by atoms with Gasteiger partial charge >= 0.3 is 0 Å². The van der Waals surface area contributed by atoms with Crippen molar-refractivity contribution in [3.05, 3.63) is 102 Å². The number of carbonyl (C=O) groups is 2. The van der Waals surface area contributed by atoms with E-state index in [0.29, 0.717) is 5.56 Å². The molecule has 178 valence electrons. The first kappa shape index (κ1) is 25.1. The van der Waals surface area contributed by atoms with E-state index in [4.69, 9.17) is 0 Å². The van der Waals surface area contributed by atoms with Crippen LogP contribution in [0.5, 0.6) is 0 Å². The van der Waals surface area contributed by atoms with Gasteiger partial charge in [-0.3, -0.25) is 14.6 Å². The van der Waals surface area contributed by atoms with E-state index in [1.807, 2.05) is 36.4 Å². The van der Waals surface area contributed by atoms with Crippen molar-refractivity contribution in [3.63, 3.8) is 0 Å². The van der Waals surface area contributed by atoms with E-state index >= 15 is 0 Å². The van der Waals surface area contributed by atoms with Crippen LogP contribution in [0.4, 0.5) is 0 Å². The van der Waals surface area contributed by atoms with Crippen molar-refractivity contribution in [3.8, 4) is 0 Å². The summed E-state index contributed by atoms with van der Waals surface area (Å²) in [5.41, 5.74) is 2.31. The molecular weight excluding hydrogens is 452 g/mol. The van der Waals surface area contributed by atoms with Gasteiger partial charge in [0, 0.05) is 32.5 Å². The summed E-state index contributed by atoms with van der Waals surface area (Å²) >= 11 is 0. The van der Waals surface area contributed by atoms with Gasteiger partial charge in [0.1, 0.15) is 6.04 Å². The van der Waals surface area contributed by atoms with Gasteiger partial charge < -0.3 is 10.2 Å². The van der Waals surface area contributed by atoms with Crippen molar-refractivity contribution in [2.75, 3.05) is 19.8 Å². The standard InChI is InChI=1S/C25H28N4O4S/c1-28(34(2,32)33)19-23(30)29(18-21-9-5-3-6-10-21)24(22-11-7-4-8-12-22)25(31)27-17-20-13-15-26-16-14-20/h3-16,24H,17-19H2,1-2H3,(H,27,31)/t24-/m0/s1. The van der Waals surface area contributed by atoms with Crippen LogP contribution in [0.1, 0.15) is 22.7 Å².